The Morgan fingerprint density at radius 2 is 2.14 bits per heavy atom. The number of aliphatic carboxylic acids is 1. The zero-order valence-electron chi connectivity index (χ0n) is 8.19. The van der Waals surface area contributed by atoms with E-state index in [1.54, 1.807) is 13.0 Å². The molecule has 0 rings (SSSR count). The molecule has 0 heterocycles. The average molecular weight is 199 g/mol. The van der Waals surface area contributed by atoms with E-state index in [4.69, 9.17) is 15.1 Å². The van der Waals surface area contributed by atoms with Gasteiger partial charge in [0.1, 0.15) is 0 Å². The first-order chi connectivity index (χ1) is 6.52. The molecule has 0 spiro atoms. The van der Waals surface area contributed by atoms with E-state index in [9.17, 15) is 9.59 Å². The maximum Gasteiger partial charge on any atom is 0.321 e. The smallest absolute Gasteiger partial charge is 0.321 e. The first kappa shape index (κ1) is 12.4. The summed E-state index contributed by atoms with van der Waals surface area (Å²) in [6.45, 7) is 3.49. The Kier molecular flexibility index (Phi) is 5.30. The standard InChI is InChI=1S/C9H13NO4/c1-3-6(2)14-9(13)7(4-5-10)8(11)12/h6-7H,3-4H2,1-2H3,(H,11,12). The summed E-state index contributed by atoms with van der Waals surface area (Å²) in [5.74, 6) is -3.53. The number of carbonyl (C=O) groups is 2. The molecule has 0 amide bonds. The summed E-state index contributed by atoms with van der Waals surface area (Å²) in [6.07, 6.45) is -0.0575. The fraction of sp³-hybridized carbons (Fsp3) is 0.667. The van der Waals surface area contributed by atoms with Gasteiger partial charge in [0.15, 0.2) is 5.92 Å². The van der Waals surface area contributed by atoms with Crippen LogP contribution in [-0.4, -0.2) is 23.1 Å². The molecule has 0 aliphatic heterocycles. The van der Waals surface area contributed by atoms with Crippen molar-refractivity contribution >= 4 is 11.9 Å². The van der Waals surface area contributed by atoms with Gasteiger partial charge in [-0.15, -0.1) is 0 Å². The van der Waals surface area contributed by atoms with Gasteiger partial charge < -0.3 is 9.84 Å². The van der Waals surface area contributed by atoms with Crippen molar-refractivity contribution < 1.29 is 19.4 Å². The van der Waals surface area contributed by atoms with Gasteiger partial charge in [-0.2, -0.15) is 5.26 Å². The summed E-state index contributed by atoms with van der Waals surface area (Å²) in [7, 11) is 0. The van der Waals surface area contributed by atoms with Gasteiger partial charge in [-0.25, -0.2) is 0 Å². The van der Waals surface area contributed by atoms with Crippen LogP contribution in [0.3, 0.4) is 0 Å². The molecule has 0 aromatic heterocycles. The van der Waals surface area contributed by atoms with Crippen LogP contribution in [-0.2, 0) is 14.3 Å². The second kappa shape index (κ2) is 5.97. The molecule has 2 unspecified atom stereocenters. The Labute approximate surface area is 82.3 Å². The predicted molar refractivity (Wildman–Crippen MR) is 47.2 cm³/mol. The van der Waals surface area contributed by atoms with E-state index >= 15 is 0 Å². The van der Waals surface area contributed by atoms with Gasteiger partial charge in [-0.3, -0.25) is 9.59 Å². The fourth-order valence-electron chi connectivity index (χ4n) is 0.727. The molecule has 0 saturated carbocycles. The van der Waals surface area contributed by atoms with Crippen LogP contribution in [0.25, 0.3) is 0 Å². The topological polar surface area (TPSA) is 87.4 Å². The third-order valence-electron chi connectivity index (χ3n) is 1.77. The van der Waals surface area contributed by atoms with Gasteiger partial charge in [-0.05, 0) is 13.3 Å². The molecule has 2 atom stereocenters. The van der Waals surface area contributed by atoms with Gasteiger partial charge in [0, 0.05) is 0 Å². The Balaban J connectivity index is 4.31. The van der Waals surface area contributed by atoms with E-state index in [1.165, 1.54) is 0 Å². The first-order valence-corrected chi connectivity index (χ1v) is 4.33. The lowest BCUT2D eigenvalue weighted by molar-refractivity contribution is -0.161. The van der Waals surface area contributed by atoms with Crippen molar-refractivity contribution in [3.05, 3.63) is 0 Å². The highest BCUT2D eigenvalue weighted by molar-refractivity contribution is 5.94. The summed E-state index contributed by atoms with van der Waals surface area (Å²) in [5.41, 5.74) is 0. The van der Waals surface area contributed by atoms with Crippen molar-refractivity contribution in [1.29, 1.82) is 5.26 Å². The summed E-state index contributed by atoms with van der Waals surface area (Å²) in [6, 6.07) is 1.64. The second-order valence-corrected chi connectivity index (χ2v) is 2.91. The minimum Gasteiger partial charge on any atom is -0.481 e. The molecule has 0 saturated heterocycles. The van der Waals surface area contributed by atoms with Crippen LogP contribution in [0.5, 0.6) is 0 Å². The lowest BCUT2D eigenvalue weighted by atomic mass is 10.1. The van der Waals surface area contributed by atoms with Crippen molar-refractivity contribution in [2.45, 2.75) is 32.8 Å². The number of nitrogens with zero attached hydrogens (tertiary/aromatic N) is 1. The Bertz CT molecular complexity index is 256. The average Bonchev–Trinajstić information content (AvgIpc) is 2.13. The van der Waals surface area contributed by atoms with Gasteiger partial charge in [-0.1, -0.05) is 6.92 Å². The van der Waals surface area contributed by atoms with E-state index in [-0.39, 0.29) is 12.5 Å². The van der Waals surface area contributed by atoms with Crippen LogP contribution in [0, 0.1) is 17.2 Å². The first-order valence-electron chi connectivity index (χ1n) is 4.33. The SMILES string of the molecule is CCC(C)OC(=O)C(CC#N)C(=O)O. The minimum absolute atomic E-state index is 0.317. The number of hydrogen-bond donors (Lipinski definition) is 1. The normalized spacial score (nSPS) is 13.8. The number of rotatable bonds is 5. The van der Waals surface area contributed by atoms with Crippen LogP contribution in [0.4, 0.5) is 0 Å². The van der Waals surface area contributed by atoms with Crippen LogP contribution < -0.4 is 0 Å². The number of nitriles is 1. The van der Waals surface area contributed by atoms with Crippen LogP contribution in [0.2, 0.25) is 0 Å². The molecule has 5 nitrogen and oxygen atoms in total. The zero-order valence-corrected chi connectivity index (χ0v) is 8.19. The van der Waals surface area contributed by atoms with Crippen LogP contribution in [0.1, 0.15) is 26.7 Å². The lowest BCUT2D eigenvalue weighted by Gasteiger charge is -2.13. The predicted octanol–water partition coefficient (Wildman–Crippen LogP) is 0.943. The maximum atomic E-state index is 11.2. The summed E-state index contributed by atoms with van der Waals surface area (Å²) in [4.78, 5) is 21.7. The molecular weight excluding hydrogens is 186 g/mol. The molecule has 78 valence electrons. The van der Waals surface area contributed by atoms with Gasteiger partial charge >= 0.3 is 11.9 Å². The zero-order chi connectivity index (χ0) is 11.1. The molecule has 0 aliphatic carbocycles. The summed E-state index contributed by atoms with van der Waals surface area (Å²) < 4.78 is 4.80. The van der Waals surface area contributed by atoms with Crippen molar-refractivity contribution in [3.63, 3.8) is 0 Å². The Hall–Kier alpha value is -1.57. The molecule has 14 heavy (non-hydrogen) atoms. The van der Waals surface area contributed by atoms with E-state index < -0.39 is 17.9 Å². The number of carboxylic acid groups (broad SMARTS) is 1. The number of carboxylic acids is 1. The molecule has 5 heteroatoms. The number of carbonyl (C=O) groups excluding carboxylic acids is 1. The Morgan fingerprint density at radius 1 is 1.57 bits per heavy atom. The minimum atomic E-state index is -1.37. The molecular formula is C9H13NO4. The third kappa shape index (κ3) is 3.90. The quantitative estimate of drug-likeness (QED) is 0.526. The van der Waals surface area contributed by atoms with Crippen molar-refractivity contribution in [2.75, 3.05) is 0 Å². The number of hydrogen-bond acceptors (Lipinski definition) is 4. The maximum absolute atomic E-state index is 11.2. The Morgan fingerprint density at radius 3 is 2.50 bits per heavy atom. The van der Waals surface area contributed by atoms with E-state index in [1.807, 2.05) is 6.92 Å². The van der Waals surface area contributed by atoms with Gasteiger partial charge in [0.2, 0.25) is 0 Å². The molecule has 0 aromatic carbocycles. The van der Waals surface area contributed by atoms with Crippen LogP contribution in [0.15, 0.2) is 0 Å². The lowest BCUT2D eigenvalue weighted by Crippen LogP contribution is -2.28. The van der Waals surface area contributed by atoms with Crippen molar-refractivity contribution in [2.24, 2.45) is 5.92 Å². The highest BCUT2D eigenvalue weighted by Crippen LogP contribution is 2.08. The van der Waals surface area contributed by atoms with Crippen molar-refractivity contribution in [3.8, 4) is 6.07 Å². The van der Waals surface area contributed by atoms with E-state index in [0.717, 1.165) is 0 Å². The monoisotopic (exact) mass is 199 g/mol. The number of esters is 1. The fourth-order valence-corrected chi connectivity index (χ4v) is 0.727. The van der Waals surface area contributed by atoms with E-state index in [0.29, 0.717) is 6.42 Å². The van der Waals surface area contributed by atoms with Crippen molar-refractivity contribution in [1.82, 2.24) is 0 Å². The van der Waals surface area contributed by atoms with Crippen LogP contribution >= 0.6 is 0 Å². The number of ether oxygens (including phenoxy) is 1. The largest absolute Gasteiger partial charge is 0.481 e. The molecule has 0 fully saturated rings. The highest BCUT2D eigenvalue weighted by Gasteiger charge is 2.28. The third-order valence-corrected chi connectivity index (χ3v) is 1.77. The molecule has 0 bridgehead atoms. The van der Waals surface area contributed by atoms with Gasteiger partial charge in [0.25, 0.3) is 0 Å². The van der Waals surface area contributed by atoms with E-state index in [2.05, 4.69) is 0 Å². The molecule has 0 aliphatic rings. The molecule has 1 N–H and O–H groups in total. The summed E-state index contributed by atoms with van der Waals surface area (Å²) in [5, 5.41) is 16.9. The summed E-state index contributed by atoms with van der Waals surface area (Å²) >= 11 is 0. The second-order valence-electron chi connectivity index (χ2n) is 2.91. The molecule has 0 radical (unpaired) electrons. The van der Waals surface area contributed by atoms with Gasteiger partial charge in [0.05, 0.1) is 18.6 Å². The highest BCUT2D eigenvalue weighted by atomic mass is 16.5. The molecule has 0 aromatic rings.